The van der Waals surface area contributed by atoms with Gasteiger partial charge >= 0.3 is 5.97 Å². The predicted molar refractivity (Wildman–Crippen MR) is 96.4 cm³/mol. The number of nitrogens with one attached hydrogen (secondary N) is 1. The van der Waals surface area contributed by atoms with Crippen LogP contribution in [0.2, 0.25) is 0 Å². The summed E-state index contributed by atoms with van der Waals surface area (Å²) in [6, 6.07) is 6.55. The number of ether oxygens (including phenoxy) is 2. The van der Waals surface area contributed by atoms with Gasteiger partial charge in [-0.05, 0) is 24.1 Å². The molecular weight excluding hydrogens is 351 g/mol. The van der Waals surface area contributed by atoms with Crippen molar-refractivity contribution in [3.05, 3.63) is 34.9 Å². The minimum Gasteiger partial charge on any atom is -0.459 e. The molecule has 2 fully saturated rings. The second kappa shape index (κ2) is 8.02. The van der Waals surface area contributed by atoms with E-state index in [1.807, 2.05) is 19.1 Å². The molecule has 3 atom stereocenters. The molecule has 3 heterocycles. The maximum Gasteiger partial charge on any atom is 0.338 e. The number of halogens is 2. The highest BCUT2D eigenvalue weighted by Crippen LogP contribution is 2.29. The van der Waals surface area contributed by atoms with Crippen LogP contribution in [0.4, 0.5) is 0 Å². The quantitative estimate of drug-likeness (QED) is 0.761. The molecule has 24 heavy (non-hydrogen) atoms. The van der Waals surface area contributed by atoms with Crippen molar-refractivity contribution in [2.45, 2.75) is 31.6 Å². The molecule has 1 aromatic carbocycles. The lowest BCUT2D eigenvalue weighted by Crippen LogP contribution is -2.57. The van der Waals surface area contributed by atoms with Crippen LogP contribution in [0.25, 0.3) is 0 Å². The highest BCUT2D eigenvalue weighted by atomic mass is 35.5. The average Bonchev–Trinajstić information content (AvgIpc) is 2.53. The van der Waals surface area contributed by atoms with E-state index in [-0.39, 0.29) is 43.0 Å². The third kappa shape index (κ3) is 3.70. The number of morpholine rings is 1. The highest BCUT2D eigenvalue weighted by Gasteiger charge is 2.32. The van der Waals surface area contributed by atoms with Crippen molar-refractivity contribution in [1.29, 1.82) is 0 Å². The number of cyclic esters (lactones) is 1. The smallest absolute Gasteiger partial charge is 0.338 e. The third-order valence-electron chi connectivity index (χ3n) is 4.90. The molecule has 0 spiro atoms. The van der Waals surface area contributed by atoms with Crippen molar-refractivity contribution in [3.63, 3.8) is 0 Å². The second-order valence-electron chi connectivity index (χ2n) is 6.51. The summed E-state index contributed by atoms with van der Waals surface area (Å²) < 4.78 is 11.4. The number of hydrogen-bond acceptors (Lipinski definition) is 5. The third-order valence-corrected chi connectivity index (χ3v) is 4.90. The predicted octanol–water partition coefficient (Wildman–Crippen LogP) is 1.98. The molecule has 1 unspecified atom stereocenters. The van der Waals surface area contributed by atoms with Crippen molar-refractivity contribution < 1.29 is 14.3 Å². The molecular formula is C17H24Cl2N2O3. The van der Waals surface area contributed by atoms with Crippen LogP contribution in [-0.2, 0) is 15.9 Å². The number of fused-ring (bicyclic) bond motifs is 2. The maximum absolute atomic E-state index is 11.9. The first-order valence-electron chi connectivity index (χ1n) is 8.11. The Balaban J connectivity index is 0.00000104. The van der Waals surface area contributed by atoms with Gasteiger partial charge in [0.2, 0.25) is 0 Å². The van der Waals surface area contributed by atoms with E-state index in [9.17, 15) is 4.79 Å². The zero-order valence-electron chi connectivity index (χ0n) is 13.7. The molecule has 1 aromatic rings. The Bertz CT molecular complexity index is 599. The monoisotopic (exact) mass is 374 g/mol. The zero-order valence-corrected chi connectivity index (χ0v) is 15.3. The molecule has 5 nitrogen and oxygen atoms in total. The van der Waals surface area contributed by atoms with Crippen LogP contribution in [0, 0.1) is 0 Å². The van der Waals surface area contributed by atoms with Crippen LogP contribution >= 0.6 is 24.8 Å². The Labute approximate surface area is 154 Å². The molecule has 3 aliphatic rings. The standard InChI is InChI=1S/C17H22N2O3.2ClH/c1-11-6-13-7-12(2-3-15(13)17(20)22-11)16-9-19-5-4-18-8-14(19)10-21-16;;/h2-3,7,11,14,16,18H,4-6,8-10H2,1H3;2*1H/t11?,14-,16-;;/m1../s1. The van der Waals surface area contributed by atoms with E-state index >= 15 is 0 Å². The van der Waals surface area contributed by atoms with E-state index < -0.39 is 0 Å². The van der Waals surface area contributed by atoms with E-state index in [1.54, 1.807) is 0 Å². The van der Waals surface area contributed by atoms with E-state index in [0.29, 0.717) is 11.6 Å². The summed E-state index contributed by atoms with van der Waals surface area (Å²) in [6.07, 6.45) is 0.853. The average molecular weight is 375 g/mol. The van der Waals surface area contributed by atoms with Gasteiger partial charge in [-0.2, -0.15) is 0 Å². The lowest BCUT2D eigenvalue weighted by molar-refractivity contribution is -0.0718. The Morgan fingerprint density at radius 1 is 1.29 bits per heavy atom. The number of rotatable bonds is 1. The minimum atomic E-state index is -0.202. The first-order valence-corrected chi connectivity index (χ1v) is 8.11. The molecule has 7 heteroatoms. The fourth-order valence-electron chi connectivity index (χ4n) is 3.68. The first-order chi connectivity index (χ1) is 10.7. The van der Waals surface area contributed by atoms with Gasteiger partial charge in [0.25, 0.3) is 0 Å². The Morgan fingerprint density at radius 3 is 2.96 bits per heavy atom. The van der Waals surface area contributed by atoms with Gasteiger partial charge in [-0.25, -0.2) is 4.79 Å². The molecule has 2 saturated heterocycles. The van der Waals surface area contributed by atoms with Crippen LogP contribution in [0.3, 0.4) is 0 Å². The van der Waals surface area contributed by atoms with Crippen molar-refractivity contribution in [2.24, 2.45) is 0 Å². The van der Waals surface area contributed by atoms with Gasteiger partial charge in [-0.3, -0.25) is 4.90 Å². The van der Waals surface area contributed by atoms with Crippen LogP contribution in [0.15, 0.2) is 18.2 Å². The Hall–Kier alpha value is -0.850. The van der Waals surface area contributed by atoms with E-state index in [4.69, 9.17) is 9.47 Å². The molecule has 0 bridgehead atoms. The number of esters is 1. The number of piperazine rings is 1. The van der Waals surface area contributed by atoms with E-state index in [0.717, 1.165) is 44.8 Å². The summed E-state index contributed by atoms with van der Waals surface area (Å²) in [7, 11) is 0. The van der Waals surface area contributed by atoms with Crippen molar-refractivity contribution >= 4 is 30.8 Å². The highest BCUT2D eigenvalue weighted by molar-refractivity contribution is 5.92. The molecule has 4 rings (SSSR count). The summed E-state index contributed by atoms with van der Waals surface area (Å²) in [4.78, 5) is 14.4. The Morgan fingerprint density at radius 2 is 2.12 bits per heavy atom. The zero-order chi connectivity index (χ0) is 15.1. The minimum absolute atomic E-state index is 0. The lowest BCUT2D eigenvalue weighted by atomic mass is 9.94. The second-order valence-corrected chi connectivity index (χ2v) is 6.51. The number of benzene rings is 1. The topological polar surface area (TPSA) is 50.8 Å². The van der Waals surface area contributed by atoms with Crippen LogP contribution in [-0.4, -0.2) is 55.8 Å². The number of nitrogens with zero attached hydrogens (tertiary/aromatic N) is 1. The molecule has 134 valence electrons. The molecule has 0 radical (unpaired) electrons. The van der Waals surface area contributed by atoms with Gasteiger partial charge in [0.05, 0.1) is 18.3 Å². The maximum atomic E-state index is 11.9. The molecule has 3 aliphatic heterocycles. The summed E-state index contributed by atoms with van der Waals surface area (Å²) >= 11 is 0. The van der Waals surface area contributed by atoms with E-state index in [1.165, 1.54) is 5.56 Å². The first kappa shape index (κ1) is 19.5. The number of carbonyl (C=O) groups is 1. The number of carbonyl (C=O) groups excluding carboxylic acids is 1. The van der Waals surface area contributed by atoms with E-state index in [2.05, 4.69) is 16.3 Å². The van der Waals surface area contributed by atoms with Gasteiger partial charge in [0.1, 0.15) is 6.10 Å². The largest absolute Gasteiger partial charge is 0.459 e. The molecule has 0 aromatic heterocycles. The summed E-state index contributed by atoms with van der Waals surface area (Å²) in [6.45, 7) is 6.80. The van der Waals surface area contributed by atoms with Crippen LogP contribution in [0.1, 0.15) is 34.5 Å². The fourth-order valence-corrected chi connectivity index (χ4v) is 3.68. The SMILES string of the molecule is CC1Cc2cc([C@H]3CN4CCNC[C@@H]4CO3)ccc2C(=O)O1.Cl.Cl. The van der Waals surface area contributed by atoms with Gasteiger partial charge in [-0.15, -0.1) is 24.8 Å². The fraction of sp³-hybridized carbons (Fsp3) is 0.588. The summed E-state index contributed by atoms with van der Waals surface area (Å²) in [5.74, 6) is -0.202. The summed E-state index contributed by atoms with van der Waals surface area (Å²) in [5, 5.41) is 3.42. The number of hydrogen-bond donors (Lipinski definition) is 1. The van der Waals surface area contributed by atoms with Crippen molar-refractivity contribution in [1.82, 2.24) is 10.2 Å². The van der Waals surface area contributed by atoms with Gasteiger partial charge in [0, 0.05) is 38.6 Å². The van der Waals surface area contributed by atoms with Crippen LogP contribution in [0.5, 0.6) is 0 Å². The van der Waals surface area contributed by atoms with Crippen molar-refractivity contribution in [2.75, 3.05) is 32.8 Å². The molecule has 0 amide bonds. The van der Waals surface area contributed by atoms with Crippen LogP contribution < -0.4 is 5.32 Å². The Kier molecular flexibility index (Phi) is 6.51. The van der Waals surface area contributed by atoms with Gasteiger partial charge < -0.3 is 14.8 Å². The van der Waals surface area contributed by atoms with Crippen molar-refractivity contribution in [3.8, 4) is 0 Å². The molecule has 0 aliphatic carbocycles. The van der Waals surface area contributed by atoms with Gasteiger partial charge in [0.15, 0.2) is 0 Å². The van der Waals surface area contributed by atoms with Gasteiger partial charge in [-0.1, -0.05) is 12.1 Å². The molecule has 1 N–H and O–H groups in total. The lowest BCUT2D eigenvalue weighted by Gasteiger charge is -2.42. The molecule has 0 saturated carbocycles. The summed E-state index contributed by atoms with van der Waals surface area (Å²) in [5.41, 5.74) is 2.97. The normalized spacial score (nSPS) is 29.4.